The lowest BCUT2D eigenvalue weighted by atomic mass is 10.2. The normalized spacial score (nSPS) is 10.7. The van der Waals surface area contributed by atoms with Gasteiger partial charge in [-0.15, -0.1) is 0 Å². The highest BCUT2D eigenvalue weighted by molar-refractivity contribution is 5.87. The van der Waals surface area contributed by atoms with Crippen LogP contribution in [-0.2, 0) is 0 Å². The number of halogens is 2. The molecule has 5 heteroatoms. The van der Waals surface area contributed by atoms with E-state index in [1.165, 1.54) is 18.3 Å². The Bertz CT molecular complexity index is 790. The maximum atomic E-state index is 13.6. The fourth-order valence-corrected chi connectivity index (χ4v) is 1.91. The van der Waals surface area contributed by atoms with Crippen molar-refractivity contribution in [1.82, 2.24) is 4.98 Å². The zero-order valence-corrected chi connectivity index (χ0v) is 10.3. The Labute approximate surface area is 113 Å². The van der Waals surface area contributed by atoms with Gasteiger partial charge in [-0.3, -0.25) is 4.98 Å². The van der Waals surface area contributed by atoms with Gasteiger partial charge in [0.2, 0.25) is 5.82 Å². The van der Waals surface area contributed by atoms with Crippen molar-refractivity contribution in [2.24, 2.45) is 0 Å². The molecule has 1 aromatic heterocycles. The summed E-state index contributed by atoms with van der Waals surface area (Å²) < 4.78 is 32.2. The maximum absolute atomic E-state index is 13.6. The van der Waals surface area contributed by atoms with Crippen LogP contribution < -0.4 is 10.5 Å². The van der Waals surface area contributed by atoms with E-state index in [1.54, 1.807) is 24.3 Å². The second kappa shape index (κ2) is 4.77. The van der Waals surface area contributed by atoms with Crippen LogP contribution in [0.2, 0.25) is 0 Å². The molecule has 0 saturated heterocycles. The Balaban J connectivity index is 2.09. The van der Waals surface area contributed by atoms with Crippen LogP contribution in [0.1, 0.15) is 0 Å². The topological polar surface area (TPSA) is 48.1 Å². The van der Waals surface area contributed by atoms with Crippen LogP contribution in [0.3, 0.4) is 0 Å². The summed E-state index contributed by atoms with van der Waals surface area (Å²) in [7, 11) is 0. The zero-order valence-electron chi connectivity index (χ0n) is 10.3. The number of fused-ring (bicyclic) bond motifs is 1. The first-order valence-electron chi connectivity index (χ1n) is 5.91. The largest absolute Gasteiger partial charge is 0.453 e. The van der Waals surface area contributed by atoms with E-state index in [2.05, 4.69) is 4.98 Å². The zero-order chi connectivity index (χ0) is 14.1. The number of benzene rings is 2. The van der Waals surface area contributed by atoms with Crippen molar-refractivity contribution in [3.63, 3.8) is 0 Å². The van der Waals surface area contributed by atoms with Gasteiger partial charge in [0.05, 0.1) is 5.52 Å². The molecule has 3 nitrogen and oxygen atoms in total. The molecule has 0 aliphatic rings. The minimum atomic E-state index is -1.02. The van der Waals surface area contributed by atoms with Crippen LogP contribution >= 0.6 is 0 Å². The summed E-state index contributed by atoms with van der Waals surface area (Å²) in [6.45, 7) is 0. The van der Waals surface area contributed by atoms with Crippen molar-refractivity contribution >= 4 is 16.6 Å². The molecule has 2 aromatic carbocycles. The first kappa shape index (κ1) is 12.3. The van der Waals surface area contributed by atoms with Crippen molar-refractivity contribution in [2.75, 3.05) is 5.73 Å². The second-order valence-electron chi connectivity index (χ2n) is 4.24. The van der Waals surface area contributed by atoms with Crippen LogP contribution in [0.5, 0.6) is 11.5 Å². The molecule has 0 amide bonds. The molecule has 2 N–H and O–H groups in total. The van der Waals surface area contributed by atoms with Gasteiger partial charge in [-0.1, -0.05) is 6.07 Å². The molecule has 0 atom stereocenters. The van der Waals surface area contributed by atoms with E-state index >= 15 is 0 Å². The van der Waals surface area contributed by atoms with E-state index in [9.17, 15) is 8.78 Å². The molecular weight excluding hydrogens is 262 g/mol. The number of aromatic nitrogens is 1. The van der Waals surface area contributed by atoms with Crippen molar-refractivity contribution < 1.29 is 13.5 Å². The third-order valence-corrected chi connectivity index (χ3v) is 2.86. The predicted molar refractivity (Wildman–Crippen MR) is 72.6 cm³/mol. The van der Waals surface area contributed by atoms with Gasteiger partial charge in [-0.2, -0.15) is 4.39 Å². The van der Waals surface area contributed by atoms with Crippen LogP contribution in [0, 0.1) is 11.6 Å². The van der Waals surface area contributed by atoms with Gasteiger partial charge in [-0.25, -0.2) is 4.39 Å². The average molecular weight is 272 g/mol. The number of nitrogen functional groups attached to an aromatic ring is 1. The Morgan fingerprint density at radius 3 is 2.70 bits per heavy atom. The fourth-order valence-electron chi connectivity index (χ4n) is 1.91. The van der Waals surface area contributed by atoms with Gasteiger partial charge < -0.3 is 10.5 Å². The summed E-state index contributed by atoms with van der Waals surface area (Å²) >= 11 is 0. The Hall–Kier alpha value is -2.69. The molecule has 0 bridgehead atoms. The highest BCUT2D eigenvalue weighted by Crippen LogP contribution is 2.31. The summed E-state index contributed by atoms with van der Waals surface area (Å²) in [5.74, 6) is -1.76. The quantitative estimate of drug-likeness (QED) is 0.720. The number of rotatable bonds is 2. The van der Waals surface area contributed by atoms with E-state index in [-0.39, 0.29) is 5.75 Å². The number of pyridine rings is 1. The monoisotopic (exact) mass is 272 g/mol. The Morgan fingerprint density at radius 1 is 1.00 bits per heavy atom. The van der Waals surface area contributed by atoms with Crippen molar-refractivity contribution in [1.29, 1.82) is 0 Å². The van der Waals surface area contributed by atoms with Gasteiger partial charge >= 0.3 is 0 Å². The number of nitrogens with zero attached hydrogens (tertiary/aromatic N) is 1. The number of hydrogen-bond donors (Lipinski definition) is 1. The van der Waals surface area contributed by atoms with E-state index < -0.39 is 11.6 Å². The molecule has 1 heterocycles. The fraction of sp³-hybridized carbons (Fsp3) is 0. The molecule has 3 rings (SSSR count). The molecular formula is C15H10F2N2O. The highest BCUT2D eigenvalue weighted by Gasteiger charge is 2.11. The second-order valence-corrected chi connectivity index (χ2v) is 4.24. The SMILES string of the molecule is Nc1ccc2c(Oc3cccc(F)c3F)ccnc2c1. The van der Waals surface area contributed by atoms with E-state index in [0.717, 1.165) is 6.07 Å². The minimum absolute atomic E-state index is 0.172. The third-order valence-electron chi connectivity index (χ3n) is 2.86. The molecule has 0 aliphatic heterocycles. The third kappa shape index (κ3) is 2.14. The van der Waals surface area contributed by atoms with Gasteiger partial charge in [0.15, 0.2) is 11.6 Å². The summed E-state index contributed by atoms with van der Waals surface area (Å²) in [6, 6.07) is 10.5. The number of ether oxygens (including phenoxy) is 1. The minimum Gasteiger partial charge on any atom is -0.453 e. The highest BCUT2D eigenvalue weighted by atomic mass is 19.2. The Morgan fingerprint density at radius 2 is 1.85 bits per heavy atom. The lowest BCUT2D eigenvalue weighted by Crippen LogP contribution is -1.93. The molecule has 0 aliphatic carbocycles. The summed E-state index contributed by atoms with van der Waals surface area (Å²) in [4.78, 5) is 4.16. The molecule has 3 aromatic rings. The lowest BCUT2D eigenvalue weighted by molar-refractivity contribution is 0.419. The molecule has 0 unspecified atom stereocenters. The molecule has 100 valence electrons. The van der Waals surface area contributed by atoms with Gasteiger partial charge in [0.1, 0.15) is 5.75 Å². The van der Waals surface area contributed by atoms with E-state index in [0.29, 0.717) is 22.3 Å². The molecule has 0 fully saturated rings. The smallest absolute Gasteiger partial charge is 0.201 e. The van der Waals surface area contributed by atoms with Crippen LogP contribution in [0.15, 0.2) is 48.7 Å². The molecule has 20 heavy (non-hydrogen) atoms. The Kier molecular flexibility index (Phi) is 2.95. The predicted octanol–water partition coefficient (Wildman–Crippen LogP) is 3.89. The first-order chi connectivity index (χ1) is 9.65. The van der Waals surface area contributed by atoms with E-state index in [4.69, 9.17) is 10.5 Å². The molecule has 0 radical (unpaired) electrons. The van der Waals surface area contributed by atoms with Gasteiger partial charge in [-0.05, 0) is 36.4 Å². The number of anilines is 1. The first-order valence-corrected chi connectivity index (χ1v) is 5.91. The van der Waals surface area contributed by atoms with Crippen molar-refractivity contribution in [3.8, 4) is 11.5 Å². The van der Waals surface area contributed by atoms with Gasteiger partial charge in [0.25, 0.3) is 0 Å². The molecule has 0 saturated carbocycles. The number of hydrogen-bond acceptors (Lipinski definition) is 3. The lowest BCUT2D eigenvalue weighted by Gasteiger charge is -2.09. The molecule has 0 spiro atoms. The van der Waals surface area contributed by atoms with Crippen molar-refractivity contribution in [3.05, 3.63) is 60.3 Å². The standard InChI is InChI=1S/C15H10F2N2O/c16-11-2-1-3-14(15(11)17)20-13-6-7-19-12-8-9(18)4-5-10(12)13/h1-8H,18H2. The van der Waals surface area contributed by atoms with Crippen LogP contribution in [0.25, 0.3) is 10.9 Å². The summed E-state index contributed by atoms with van der Waals surface area (Å²) in [6.07, 6.45) is 1.52. The van der Waals surface area contributed by atoms with Crippen molar-refractivity contribution in [2.45, 2.75) is 0 Å². The average Bonchev–Trinajstić information content (AvgIpc) is 2.44. The van der Waals surface area contributed by atoms with Crippen LogP contribution in [0.4, 0.5) is 14.5 Å². The van der Waals surface area contributed by atoms with Gasteiger partial charge in [0, 0.05) is 17.3 Å². The van der Waals surface area contributed by atoms with E-state index in [1.807, 2.05) is 0 Å². The summed E-state index contributed by atoms with van der Waals surface area (Å²) in [5, 5.41) is 0.672. The maximum Gasteiger partial charge on any atom is 0.201 e. The van der Waals surface area contributed by atoms with Crippen LogP contribution in [-0.4, -0.2) is 4.98 Å². The number of nitrogens with two attached hydrogens (primary N) is 1. The summed E-state index contributed by atoms with van der Waals surface area (Å²) in [5.41, 5.74) is 6.87.